The highest BCUT2D eigenvalue weighted by molar-refractivity contribution is 5.51. The van der Waals surface area contributed by atoms with E-state index in [2.05, 4.69) is 24.4 Å². The molecule has 0 aliphatic heterocycles. The molecule has 0 saturated heterocycles. The van der Waals surface area contributed by atoms with Gasteiger partial charge >= 0.3 is 0 Å². The van der Waals surface area contributed by atoms with E-state index in [1.807, 2.05) is 12.1 Å². The Bertz CT molecular complexity index is 601. The molecular weight excluding hydrogens is 267 g/mol. The molecule has 3 N–H and O–H groups in total. The molecule has 0 aromatic heterocycles. The van der Waals surface area contributed by atoms with Gasteiger partial charge in [-0.25, -0.2) is 4.39 Å². The highest BCUT2D eigenvalue weighted by Crippen LogP contribution is 2.26. The lowest BCUT2D eigenvalue weighted by Crippen LogP contribution is -2.21. The van der Waals surface area contributed by atoms with Crippen molar-refractivity contribution in [3.8, 4) is 5.75 Å². The number of nitrogens with two attached hydrogens (primary N) is 1. The van der Waals surface area contributed by atoms with Crippen LogP contribution in [0.2, 0.25) is 0 Å². The summed E-state index contributed by atoms with van der Waals surface area (Å²) < 4.78 is 18.5. The summed E-state index contributed by atoms with van der Waals surface area (Å²) in [6.07, 6.45) is 0.946. The molecule has 0 aliphatic rings. The zero-order chi connectivity index (χ0) is 15.2. The fourth-order valence-electron chi connectivity index (χ4n) is 2.41. The minimum Gasteiger partial charge on any atom is -0.494 e. The van der Waals surface area contributed by atoms with E-state index in [1.54, 1.807) is 12.1 Å². The van der Waals surface area contributed by atoms with Crippen molar-refractivity contribution in [1.29, 1.82) is 0 Å². The topological polar surface area (TPSA) is 47.3 Å². The number of halogens is 1. The molecule has 1 atom stereocenters. The van der Waals surface area contributed by atoms with Crippen molar-refractivity contribution in [3.05, 3.63) is 59.4 Å². The molecule has 1 unspecified atom stereocenters. The fourth-order valence-corrected chi connectivity index (χ4v) is 2.41. The minimum atomic E-state index is -0.374. The van der Waals surface area contributed by atoms with Crippen molar-refractivity contribution < 1.29 is 9.13 Å². The first-order chi connectivity index (χ1) is 10.2. The molecule has 112 valence electrons. The summed E-state index contributed by atoms with van der Waals surface area (Å²) in [5, 5.41) is 3.35. The molecule has 0 spiro atoms. The van der Waals surface area contributed by atoms with Crippen molar-refractivity contribution in [2.45, 2.75) is 19.4 Å². The summed E-state index contributed by atoms with van der Waals surface area (Å²) in [6, 6.07) is 12.9. The maximum atomic E-state index is 13.5. The summed E-state index contributed by atoms with van der Waals surface area (Å²) in [7, 11) is 1.45. The van der Waals surface area contributed by atoms with Crippen LogP contribution >= 0.6 is 0 Å². The third kappa shape index (κ3) is 3.52. The zero-order valence-corrected chi connectivity index (χ0v) is 12.4. The van der Waals surface area contributed by atoms with Crippen molar-refractivity contribution in [1.82, 2.24) is 0 Å². The lowest BCUT2D eigenvalue weighted by Gasteiger charge is -2.21. The second-order valence-corrected chi connectivity index (χ2v) is 4.83. The first-order valence-corrected chi connectivity index (χ1v) is 7.07. The standard InChI is InChI=1S/C17H21FN2O/c1-3-12-6-4-5-7-14(12)16(11-19)20-13-8-9-15(18)17(10-13)21-2/h4-10,16,20H,3,11,19H2,1-2H3. The highest BCUT2D eigenvalue weighted by atomic mass is 19.1. The molecule has 0 saturated carbocycles. The van der Waals surface area contributed by atoms with Crippen molar-refractivity contribution in [2.24, 2.45) is 5.73 Å². The first-order valence-electron chi connectivity index (χ1n) is 7.07. The Labute approximate surface area is 124 Å². The average molecular weight is 288 g/mol. The zero-order valence-electron chi connectivity index (χ0n) is 12.4. The van der Waals surface area contributed by atoms with Gasteiger partial charge in [-0.1, -0.05) is 31.2 Å². The second-order valence-electron chi connectivity index (χ2n) is 4.83. The Morgan fingerprint density at radius 1 is 1.24 bits per heavy atom. The molecule has 2 aromatic rings. The first kappa shape index (κ1) is 15.3. The van der Waals surface area contributed by atoms with E-state index in [0.717, 1.165) is 12.1 Å². The lowest BCUT2D eigenvalue weighted by atomic mass is 9.98. The van der Waals surface area contributed by atoms with Gasteiger partial charge in [0.15, 0.2) is 11.6 Å². The van der Waals surface area contributed by atoms with Crippen LogP contribution in [0.25, 0.3) is 0 Å². The molecule has 0 aliphatic carbocycles. The molecule has 0 bridgehead atoms. The molecule has 0 heterocycles. The Morgan fingerprint density at radius 2 is 2.00 bits per heavy atom. The van der Waals surface area contributed by atoms with E-state index >= 15 is 0 Å². The van der Waals surface area contributed by atoms with Gasteiger partial charge in [0.1, 0.15) is 0 Å². The summed E-state index contributed by atoms with van der Waals surface area (Å²) in [5.74, 6) is -0.152. The highest BCUT2D eigenvalue weighted by Gasteiger charge is 2.13. The average Bonchev–Trinajstić information content (AvgIpc) is 2.54. The minimum absolute atomic E-state index is 0.0173. The summed E-state index contributed by atoms with van der Waals surface area (Å²) in [6.45, 7) is 2.57. The van der Waals surface area contributed by atoms with Crippen LogP contribution in [0.5, 0.6) is 5.75 Å². The Morgan fingerprint density at radius 3 is 2.67 bits per heavy atom. The third-order valence-electron chi connectivity index (χ3n) is 3.54. The second kappa shape index (κ2) is 7.09. The van der Waals surface area contributed by atoms with Crippen LogP contribution in [0.3, 0.4) is 0 Å². The van der Waals surface area contributed by atoms with E-state index in [9.17, 15) is 4.39 Å². The van der Waals surface area contributed by atoms with Crippen LogP contribution in [0.15, 0.2) is 42.5 Å². The van der Waals surface area contributed by atoms with E-state index in [1.165, 1.54) is 24.3 Å². The van der Waals surface area contributed by atoms with Crippen molar-refractivity contribution in [3.63, 3.8) is 0 Å². The van der Waals surface area contributed by atoms with Gasteiger partial charge in [0.05, 0.1) is 13.2 Å². The maximum absolute atomic E-state index is 13.5. The molecule has 0 radical (unpaired) electrons. The van der Waals surface area contributed by atoms with Gasteiger partial charge in [0.2, 0.25) is 0 Å². The van der Waals surface area contributed by atoms with Gasteiger partial charge in [-0.05, 0) is 29.7 Å². The normalized spacial score (nSPS) is 12.0. The summed E-state index contributed by atoms with van der Waals surface area (Å²) in [5.41, 5.74) is 9.13. The fraction of sp³-hybridized carbons (Fsp3) is 0.294. The molecule has 2 rings (SSSR count). The molecular formula is C17H21FN2O. The van der Waals surface area contributed by atoms with Crippen LogP contribution in [0.1, 0.15) is 24.1 Å². The van der Waals surface area contributed by atoms with Crippen LogP contribution < -0.4 is 15.8 Å². The monoisotopic (exact) mass is 288 g/mol. The predicted octanol–water partition coefficient (Wildman–Crippen LogP) is 3.51. The number of methoxy groups -OCH3 is 1. The molecule has 0 amide bonds. The third-order valence-corrected chi connectivity index (χ3v) is 3.54. The van der Waals surface area contributed by atoms with Gasteiger partial charge in [0, 0.05) is 18.3 Å². The summed E-state index contributed by atoms with van der Waals surface area (Å²) >= 11 is 0. The van der Waals surface area contributed by atoms with Gasteiger partial charge < -0.3 is 15.8 Å². The van der Waals surface area contributed by atoms with E-state index < -0.39 is 0 Å². The number of rotatable bonds is 6. The van der Waals surface area contributed by atoms with Crippen LogP contribution in [0.4, 0.5) is 10.1 Å². The maximum Gasteiger partial charge on any atom is 0.165 e. The van der Waals surface area contributed by atoms with Gasteiger partial charge in [-0.2, -0.15) is 0 Å². The quantitative estimate of drug-likeness (QED) is 0.855. The number of benzene rings is 2. The predicted molar refractivity (Wildman–Crippen MR) is 84.2 cm³/mol. The molecule has 3 nitrogen and oxygen atoms in total. The van der Waals surface area contributed by atoms with Crippen LogP contribution in [0, 0.1) is 5.82 Å². The van der Waals surface area contributed by atoms with Crippen molar-refractivity contribution >= 4 is 5.69 Å². The number of ether oxygens (including phenoxy) is 1. The number of aryl methyl sites for hydroxylation is 1. The van der Waals surface area contributed by atoms with Gasteiger partial charge in [-0.3, -0.25) is 0 Å². The van der Waals surface area contributed by atoms with E-state index in [4.69, 9.17) is 10.5 Å². The van der Waals surface area contributed by atoms with Crippen molar-refractivity contribution in [2.75, 3.05) is 19.0 Å². The molecule has 2 aromatic carbocycles. The number of nitrogens with one attached hydrogen (secondary N) is 1. The SMILES string of the molecule is CCc1ccccc1C(CN)Nc1ccc(F)c(OC)c1. The summed E-state index contributed by atoms with van der Waals surface area (Å²) in [4.78, 5) is 0. The van der Waals surface area contributed by atoms with Crippen LogP contribution in [-0.2, 0) is 6.42 Å². The largest absolute Gasteiger partial charge is 0.494 e. The van der Waals surface area contributed by atoms with E-state index in [0.29, 0.717) is 6.54 Å². The Balaban J connectivity index is 2.27. The smallest absolute Gasteiger partial charge is 0.165 e. The molecule has 4 heteroatoms. The number of hydrogen-bond donors (Lipinski definition) is 2. The number of anilines is 1. The molecule has 21 heavy (non-hydrogen) atoms. The Kier molecular flexibility index (Phi) is 5.17. The van der Waals surface area contributed by atoms with Gasteiger partial charge in [0.25, 0.3) is 0 Å². The van der Waals surface area contributed by atoms with E-state index in [-0.39, 0.29) is 17.6 Å². The Hall–Kier alpha value is -2.07. The van der Waals surface area contributed by atoms with Crippen LogP contribution in [-0.4, -0.2) is 13.7 Å². The lowest BCUT2D eigenvalue weighted by molar-refractivity contribution is 0.386. The number of hydrogen-bond acceptors (Lipinski definition) is 3. The molecule has 0 fully saturated rings. The van der Waals surface area contributed by atoms with Gasteiger partial charge in [-0.15, -0.1) is 0 Å².